The van der Waals surface area contributed by atoms with Crippen molar-refractivity contribution in [3.8, 4) is 66.8 Å². The SMILES string of the molecule is C.CC1(C)c2ccccc2-c2ccc(N(c3ccc(-c4ccccc4)cc3)c3cc4oc5ccccc5c4cc3-c3ccc4ccccc4c3)cc21.CC1(C)c2ccccc2-c2ccc(Nc3ccc(-c4ccccc4)cc3)cc21.Cc1cc2oc3ccccc3c2cc1-c1ccc2ccccc2c1. The lowest BCUT2D eigenvalue weighted by Gasteiger charge is -2.30. The Labute approximate surface area is 608 Å². The van der Waals surface area contributed by atoms with Crippen LogP contribution in [-0.4, -0.2) is 0 Å². The van der Waals surface area contributed by atoms with Gasteiger partial charge in [0, 0.05) is 66.8 Å². The number of furan rings is 2. The van der Waals surface area contributed by atoms with Crippen molar-refractivity contribution in [2.24, 2.45) is 0 Å². The molecule has 0 fully saturated rings. The van der Waals surface area contributed by atoms with Crippen LogP contribution in [0.25, 0.3) is 132 Å². The average molecular weight is 1340 g/mol. The van der Waals surface area contributed by atoms with E-state index < -0.39 is 0 Å². The van der Waals surface area contributed by atoms with Crippen LogP contribution in [0.1, 0.15) is 62.9 Å². The van der Waals surface area contributed by atoms with Gasteiger partial charge in [-0.1, -0.05) is 290 Å². The van der Waals surface area contributed by atoms with Crippen LogP contribution in [0.3, 0.4) is 0 Å². The molecule has 0 spiro atoms. The summed E-state index contributed by atoms with van der Waals surface area (Å²) in [6.07, 6.45) is 0. The standard InChI is InChI=1S/C49H35NO.C27H23N.C23H16O.CH4/c1-49(2)44-18-10-8-16-39(44)40-27-26-38(29-45(40)49)50(37-24-22-34(23-25-37)32-12-4-3-5-13-32)46-31-48-43(41-17-9-11-19-47(41)51-48)30-42(46)36-21-20-33-14-6-7-15-35(33)28-36;1-27(2)25-11-7-6-10-23(25)24-17-16-22(18-26(24)27)28-21-14-12-20(13-15-21)19-8-4-3-5-9-19;1-15-12-23-21(19-8-4-5-9-22(19)24-23)14-20(15)18-11-10-16-6-2-3-7-17(16)13-18;/h3-31H,1-2H3;3-18,28H,1-2H3;2-14H,1H3;1H4. The number of hydrogen-bond donors (Lipinski definition) is 1. The average Bonchev–Trinajstić information content (AvgIpc) is 1.55. The maximum atomic E-state index is 6.58. The molecular weight excluding hydrogens is 1260 g/mol. The van der Waals surface area contributed by atoms with Crippen LogP contribution in [0, 0.1) is 6.92 Å². The van der Waals surface area contributed by atoms with E-state index >= 15 is 0 Å². The molecule has 0 radical (unpaired) electrons. The summed E-state index contributed by atoms with van der Waals surface area (Å²) in [5.74, 6) is 0. The van der Waals surface area contributed by atoms with Crippen LogP contribution in [0.15, 0.2) is 361 Å². The third-order valence-electron chi connectivity index (χ3n) is 21.5. The Balaban J connectivity index is 0.000000127. The summed E-state index contributed by atoms with van der Waals surface area (Å²) in [6.45, 7) is 11.5. The molecule has 0 atom stereocenters. The molecule has 2 heterocycles. The van der Waals surface area contributed by atoms with E-state index in [1.54, 1.807) is 0 Å². The molecule has 4 nitrogen and oxygen atoms in total. The maximum Gasteiger partial charge on any atom is 0.137 e. The molecule has 2 aliphatic rings. The van der Waals surface area contributed by atoms with Gasteiger partial charge in [0.15, 0.2) is 0 Å². The third-order valence-corrected chi connectivity index (χ3v) is 21.5. The number of aryl methyl sites for hydroxylation is 1. The van der Waals surface area contributed by atoms with Gasteiger partial charge in [-0.05, 0) is 208 Å². The Morgan fingerprint density at radius 2 is 0.663 bits per heavy atom. The normalized spacial score (nSPS) is 12.7. The molecular formula is C100H78N2O2. The van der Waals surface area contributed by atoms with E-state index in [9.17, 15) is 0 Å². The highest BCUT2D eigenvalue weighted by Gasteiger charge is 2.37. The lowest BCUT2D eigenvalue weighted by Crippen LogP contribution is -2.17. The first-order valence-electron chi connectivity index (χ1n) is 35.7. The number of benzene rings is 16. The summed E-state index contributed by atoms with van der Waals surface area (Å²) in [4.78, 5) is 2.42. The molecule has 0 unspecified atom stereocenters. The topological polar surface area (TPSA) is 41.6 Å². The molecule has 1 N–H and O–H groups in total. The van der Waals surface area contributed by atoms with Gasteiger partial charge in [0.1, 0.15) is 22.3 Å². The minimum atomic E-state index is -0.130. The molecule has 500 valence electrons. The van der Waals surface area contributed by atoms with Gasteiger partial charge in [-0.15, -0.1) is 0 Å². The largest absolute Gasteiger partial charge is 0.456 e. The Morgan fingerprint density at radius 1 is 0.260 bits per heavy atom. The van der Waals surface area contributed by atoms with Crippen LogP contribution >= 0.6 is 0 Å². The third kappa shape index (κ3) is 11.6. The first-order chi connectivity index (χ1) is 50.4. The highest BCUT2D eigenvalue weighted by atomic mass is 16.3. The fraction of sp³-hybridized carbons (Fsp3) is 0.0800. The number of fused-ring (bicyclic) bond motifs is 14. The summed E-state index contributed by atoms with van der Waals surface area (Å²) < 4.78 is 12.6. The van der Waals surface area contributed by atoms with Crippen LogP contribution in [0.4, 0.5) is 28.4 Å². The first-order valence-corrected chi connectivity index (χ1v) is 35.7. The number of hydrogen-bond acceptors (Lipinski definition) is 4. The fourth-order valence-electron chi connectivity index (χ4n) is 16.1. The van der Waals surface area contributed by atoms with Crippen molar-refractivity contribution in [3.05, 3.63) is 380 Å². The predicted molar refractivity (Wildman–Crippen MR) is 442 cm³/mol. The van der Waals surface area contributed by atoms with Crippen LogP contribution < -0.4 is 10.2 Å². The fourth-order valence-corrected chi connectivity index (χ4v) is 16.1. The van der Waals surface area contributed by atoms with Gasteiger partial charge < -0.3 is 19.1 Å². The second-order valence-corrected chi connectivity index (χ2v) is 28.5. The van der Waals surface area contributed by atoms with Crippen molar-refractivity contribution in [1.29, 1.82) is 0 Å². The van der Waals surface area contributed by atoms with Gasteiger partial charge in [0.05, 0.1) is 5.69 Å². The van der Waals surface area contributed by atoms with Crippen molar-refractivity contribution in [3.63, 3.8) is 0 Å². The van der Waals surface area contributed by atoms with Gasteiger partial charge in [-0.25, -0.2) is 0 Å². The van der Waals surface area contributed by atoms with Crippen molar-refractivity contribution in [2.75, 3.05) is 10.2 Å². The summed E-state index contributed by atoms with van der Waals surface area (Å²) in [7, 11) is 0. The first kappa shape index (κ1) is 64.6. The minimum absolute atomic E-state index is 0. The minimum Gasteiger partial charge on any atom is -0.456 e. The molecule has 0 saturated carbocycles. The zero-order valence-electron chi connectivity index (χ0n) is 58.3. The molecule has 2 aromatic heterocycles. The van der Waals surface area contributed by atoms with E-state index in [1.807, 2.05) is 24.3 Å². The van der Waals surface area contributed by atoms with Crippen LogP contribution in [-0.2, 0) is 10.8 Å². The van der Waals surface area contributed by atoms with E-state index in [-0.39, 0.29) is 18.3 Å². The Kier molecular flexibility index (Phi) is 16.4. The molecule has 0 aliphatic heterocycles. The molecule has 0 amide bonds. The second-order valence-electron chi connectivity index (χ2n) is 28.5. The van der Waals surface area contributed by atoms with Crippen LogP contribution in [0.5, 0.6) is 0 Å². The quantitative estimate of drug-likeness (QED) is 0.156. The van der Waals surface area contributed by atoms with Crippen molar-refractivity contribution >= 4 is 93.9 Å². The molecule has 18 aromatic rings. The summed E-state index contributed by atoms with van der Waals surface area (Å²) >= 11 is 0. The molecule has 16 aromatic carbocycles. The second kappa shape index (κ2) is 26.3. The number of nitrogens with one attached hydrogen (secondary N) is 1. The van der Waals surface area contributed by atoms with E-state index in [0.717, 1.165) is 72.7 Å². The van der Waals surface area contributed by atoms with Gasteiger partial charge in [-0.3, -0.25) is 0 Å². The highest BCUT2D eigenvalue weighted by molar-refractivity contribution is 6.10. The smallest absolute Gasteiger partial charge is 0.137 e. The molecule has 104 heavy (non-hydrogen) atoms. The summed E-state index contributed by atoms with van der Waals surface area (Å²) in [5, 5.41) is 13.2. The van der Waals surface area contributed by atoms with E-state index in [4.69, 9.17) is 8.83 Å². The molecule has 20 rings (SSSR count). The summed E-state index contributed by atoms with van der Waals surface area (Å²) in [5.41, 5.74) is 30.8. The highest BCUT2D eigenvalue weighted by Crippen LogP contribution is 2.53. The predicted octanol–water partition coefficient (Wildman–Crippen LogP) is 28.6. The van der Waals surface area contributed by atoms with Gasteiger partial charge in [0.25, 0.3) is 0 Å². The maximum absolute atomic E-state index is 6.58. The van der Waals surface area contributed by atoms with Crippen molar-refractivity contribution < 1.29 is 8.83 Å². The van der Waals surface area contributed by atoms with E-state index in [2.05, 4.69) is 372 Å². The molecule has 0 bridgehead atoms. The zero-order chi connectivity index (χ0) is 69.3. The van der Waals surface area contributed by atoms with Crippen LogP contribution in [0.2, 0.25) is 0 Å². The number of anilines is 5. The molecule has 2 aliphatic carbocycles. The lowest BCUT2D eigenvalue weighted by molar-refractivity contribution is 0.660. The Bertz CT molecular complexity index is 6270. The number of para-hydroxylation sites is 2. The summed E-state index contributed by atoms with van der Waals surface area (Å²) in [6, 6.07) is 126. The Morgan fingerprint density at radius 3 is 1.23 bits per heavy atom. The van der Waals surface area contributed by atoms with Gasteiger partial charge in [0.2, 0.25) is 0 Å². The van der Waals surface area contributed by atoms with E-state index in [0.29, 0.717) is 0 Å². The van der Waals surface area contributed by atoms with E-state index in [1.165, 1.54) is 116 Å². The molecule has 4 heteroatoms. The Hall–Kier alpha value is -12.8. The van der Waals surface area contributed by atoms with Gasteiger partial charge >= 0.3 is 0 Å². The van der Waals surface area contributed by atoms with Crippen molar-refractivity contribution in [2.45, 2.75) is 52.9 Å². The van der Waals surface area contributed by atoms with Gasteiger partial charge in [-0.2, -0.15) is 0 Å². The number of nitrogens with zero attached hydrogens (tertiary/aromatic N) is 1. The zero-order valence-corrected chi connectivity index (χ0v) is 58.3. The monoisotopic (exact) mass is 1340 g/mol. The lowest BCUT2D eigenvalue weighted by atomic mass is 9.82. The number of rotatable bonds is 9. The van der Waals surface area contributed by atoms with Crippen molar-refractivity contribution in [1.82, 2.24) is 0 Å². The molecule has 0 saturated heterocycles.